The van der Waals surface area contributed by atoms with Gasteiger partial charge in [0.15, 0.2) is 0 Å². The van der Waals surface area contributed by atoms with E-state index in [9.17, 15) is 5.11 Å². The van der Waals surface area contributed by atoms with E-state index in [0.29, 0.717) is 12.4 Å². The Bertz CT molecular complexity index is 689. The van der Waals surface area contributed by atoms with Gasteiger partial charge in [0.05, 0.1) is 6.61 Å². The minimum atomic E-state index is -0.107. The number of phenols is 1. The van der Waals surface area contributed by atoms with E-state index in [2.05, 4.69) is 64.7 Å². The Morgan fingerprint density at radius 3 is 2.07 bits per heavy atom. The second-order valence-electron chi connectivity index (χ2n) is 9.41. The maximum Gasteiger partial charge on any atom is 0.123 e. The normalized spacial score (nSPS) is 12.4. The highest BCUT2D eigenvalue weighted by molar-refractivity contribution is 5.49. The average Bonchev–Trinajstić information content (AvgIpc) is 2.58. The molecule has 1 aromatic heterocycles. The Morgan fingerprint density at radius 1 is 0.926 bits per heavy atom. The van der Waals surface area contributed by atoms with Crippen molar-refractivity contribution in [3.63, 3.8) is 0 Å². The summed E-state index contributed by atoms with van der Waals surface area (Å²) in [7, 11) is 0. The van der Waals surface area contributed by atoms with Gasteiger partial charge in [0.25, 0.3) is 0 Å². The van der Waals surface area contributed by atoms with Gasteiger partial charge in [0, 0.05) is 19.0 Å². The van der Waals surface area contributed by atoms with E-state index in [1.54, 1.807) is 0 Å². The number of aromatic hydroxyl groups is 1. The fourth-order valence-corrected chi connectivity index (χ4v) is 3.19. The molecule has 0 bridgehead atoms. The van der Waals surface area contributed by atoms with Crippen molar-refractivity contribution in [2.24, 2.45) is 0 Å². The summed E-state index contributed by atoms with van der Waals surface area (Å²) in [5, 5.41) is 10.8. The molecule has 0 saturated heterocycles. The number of ether oxygens (including phenoxy) is 1. The van der Waals surface area contributed by atoms with Crippen LogP contribution < -0.4 is 0 Å². The standard InChI is InChI=1S/C24H35NO2/c1-23(2,3)20-14-19(15-21(22(20)26)24(4,5)6)17-27-13-8-7-10-18-11-9-12-25-16-18/h9,11-12,14-16,26H,7-8,10,13,17H2,1-6H3. The van der Waals surface area contributed by atoms with E-state index in [4.69, 9.17) is 4.74 Å². The van der Waals surface area contributed by atoms with Crippen LogP contribution in [-0.4, -0.2) is 16.7 Å². The molecule has 3 nitrogen and oxygen atoms in total. The number of pyridine rings is 1. The third kappa shape index (κ3) is 6.35. The number of nitrogens with zero attached hydrogens (tertiary/aromatic N) is 1. The van der Waals surface area contributed by atoms with Crippen molar-refractivity contribution < 1.29 is 9.84 Å². The van der Waals surface area contributed by atoms with Crippen LogP contribution in [0.25, 0.3) is 0 Å². The molecule has 148 valence electrons. The van der Waals surface area contributed by atoms with Gasteiger partial charge in [-0.2, -0.15) is 0 Å². The number of benzene rings is 1. The van der Waals surface area contributed by atoms with Crippen molar-refractivity contribution >= 4 is 0 Å². The van der Waals surface area contributed by atoms with Crippen LogP contribution in [0.15, 0.2) is 36.7 Å². The van der Waals surface area contributed by atoms with E-state index >= 15 is 0 Å². The third-order valence-electron chi connectivity index (χ3n) is 4.78. The van der Waals surface area contributed by atoms with Crippen LogP contribution in [0.3, 0.4) is 0 Å². The quantitative estimate of drug-likeness (QED) is 0.616. The first-order valence-corrected chi connectivity index (χ1v) is 9.92. The molecule has 0 atom stereocenters. The summed E-state index contributed by atoms with van der Waals surface area (Å²) in [6.07, 6.45) is 6.91. The minimum Gasteiger partial charge on any atom is -0.507 e. The fourth-order valence-electron chi connectivity index (χ4n) is 3.19. The monoisotopic (exact) mass is 369 g/mol. The smallest absolute Gasteiger partial charge is 0.123 e. The molecule has 0 radical (unpaired) electrons. The van der Waals surface area contributed by atoms with E-state index in [-0.39, 0.29) is 10.8 Å². The highest BCUT2D eigenvalue weighted by atomic mass is 16.5. The molecule has 2 rings (SSSR count). The van der Waals surface area contributed by atoms with Crippen molar-refractivity contribution in [3.05, 3.63) is 58.9 Å². The average molecular weight is 370 g/mol. The third-order valence-corrected chi connectivity index (χ3v) is 4.78. The van der Waals surface area contributed by atoms with Crippen molar-refractivity contribution in [1.82, 2.24) is 4.98 Å². The van der Waals surface area contributed by atoms with Gasteiger partial charge in [-0.25, -0.2) is 0 Å². The highest BCUT2D eigenvalue weighted by Crippen LogP contribution is 2.39. The van der Waals surface area contributed by atoms with Crippen LogP contribution in [0.1, 0.15) is 76.6 Å². The molecule has 0 aliphatic heterocycles. The Morgan fingerprint density at radius 2 is 1.56 bits per heavy atom. The van der Waals surface area contributed by atoms with E-state index in [1.165, 1.54) is 5.56 Å². The molecule has 2 aromatic rings. The summed E-state index contributed by atoms with van der Waals surface area (Å²) in [5.74, 6) is 0.426. The van der Waals surface area contributed by atoms with Crippen molar-refractivity contribution in [2.45, 2.75) is 78.2 Å². The summed E-state index contributed by atoms with van der Waals surface area (Å²) in [6, 6.07) is 8.29. The van der Waals surface area contributed by atoms with Crippen LogP contribution in [-0.2, 0) is 28.6 Å². The van der Waals surface area contributed by atoms with Crippen LogP contribution in [0.4, 0.5) is 0 Å². The largest absolute Gasteiger partial charge is 0.507 e. The lowest BCUT2D eigenvalue weighted by Gasteiger charge is -2.28. The van der Waals surface area contributed by atoms with Gasteiger partial charge in [-0.3, -0.25) is 4.98 Å². The van der Waals surface area contributed by atoms with E-state index in [1.807, 2.05) is 18.5 Å². The number of rotatable bonds is 7. The fraction of sp³-hybridized carbons (Fsp3) is 0.542. The number of hydrogen-bond donors (Lipinski definition) is 1. The van der Waals surface area contributed by atoms with Gasteiger partial charge in [-0.15, -0.1) is 0 Å². The first-order chi connectivity index (χ1) is 12.6. The highest BCUT2D eigenvalue weighted by Gasteiger charge is 2.26. The van der Waals surface area contributed by atoms with Gasteiger partial charge in [-0.05, 0) is 70.5 Å². The lowest BCUT2D eigenvalue weighted by atomic mass is 9.78. The molecule has 0 unspecified atom stereocenters. The molecule has 1 heterocycles. The van der Waals surface area contributed by atoms with E-state index in [0.717, 1.165) is 42.6 Å². The molecule has 1 aromatic carbocycles. The zero-order chi connectivity index (χ0) is 20.1. The van der Waals surface area contributed by atoms with Crippen LogP contribution in [0, 0.1) is 0 Å². The maximum absolute atomic E-state index is 10.8. The zero-order valence-corrected chi connectivity index (χ0v) is 17.8. The molecule has 0 saturated carbocycles. The van der Waals surface area contributed by atoms with Gasteiger partial charge in [0.2, 0.25) is 0 Å². The van der Waals surface area contributed by atoms with E-state index < -0.39 is 0 Å². The van der Waals surface area contributed by atoms with Crippen LogP contribution >= 0.6 is 0 Å². The predicted octanol–water partition coefficient (Wildman–Crippen LogP) is 5.92. The topological polar surface area (TPSA) is 42.4 Å². The molecule has 0 aliphatic carbocycles. The molecule has 0 aliphatic rings. The van der Waals surface area contributed by atoms with Crippen molar-refractivity contribution in [1.29, 1.82) is 0 Å². The van der Waals surface area contributed by atoms with Crippen molar-refractivity contribution in [2.75, 3.05) is 6.61 Å². The summed E-state index contributed by atoms with van der Waals surface area (Å²) >= 11 is 0. The Balaban J connectivity index is 1.95. The van der Waals surface area contributed by atoms with Crippen molar-refractivity contribution in [3.8, 4) is 5.75 Å². The first kappa shape index (κ1) is 21.4. The minimum absolute atomic E-state index is 0.107. The Hall–Kier alpha value is -1.87. The zero-order valence-electron chi connectivity index (χ0n) is 17.8. The second-order valence-corrected chi connectivity index (χ2v) is 9.41. The number of hydrogen-bond acceptors (Lipinski definition) is 3. The summed E-state index contributed by atoms with van der Waals surface area (Å²) < 4.78 is 5.94. The summed E-state index contributed by atoms with van der Waals surface area (Å²) in [6.45, 7) is 14.1. The molecule has 0 fully saturated rings. The lowest BCUT2D eigenvalue weighted by Crippen LogP contribution is -2.18. The number of unbranched alkanes of at least 4 members (excludes halogenated alkanes) is 1. The molecule has 0 spiro atoms. The van der Waals surface area contributed by atoms with Gasteiger partial charge in [0.1, 0.15) is 5.75 Å². The Kier molecular flexibility index (Phi) is 7.05. The first-order valence-electron chi connectivity index (χ1n) is 9.92. The van der Waals surface area contributed by atoms with Crippen LogP contribution in [0.5, 0.6) is 5.75 Å². The molecule has 27 heavy (non-hydrogen) atoms. The van der Waals surface area contributed by atoms with Gasteiger partial charge < -0.3 is 9.84 Å². The molecule has 0 amide bonds. The van der Waals surface area contributed by atoms with Gasteiger partial charge in [-0.1, -0.05) is 47.6 Å². The number of aryl methyl sites for hydroxylation is 1. The maximum atomic E-state index is 10.8. The molecular formula is C24H35NO2. The molecular weight excluding hydrogens is 334 g/mol. The number of aromatic nitrogens is 1. The molecule has 3 heteroatoms. The SMILES string of the molecule is CC(C)(C)c1cc(COCCCCc2cccnc2)cc(C(C)(C)C)c1O. The van der Waals surface area contributed by atoms with Crippen LogP contribution in [0.2, 0.25) is 0 Å². The number of phenolic OH excluding ortho intramolecular Hbond substituents is 1. The predicted molar refractivity (Wildman–Crippen MR) is 112 cm³/mol. The second kappa shape index (κ2) is 8.88. The lowest BCUT2D eigenvalue weighted by molar-refractivity contribution is 0.117. The Labute approximate surface area is 164 Å². The summed E-state index contributed by atoms with van der Waals surface area (Å²) in [5.41, 5.74) is 4.18. The van der Waals surface area contributed by atoms with Gasteiger partial charge >= 0.3 is 0 Å². The molecule has 1 N–H and O–H groups in total. The summed E-state index contributed by atoms with van der Waals surface area (Å²) in [4.78, 5) is 4.15.